The van der Waals surface area contributed by atoms with Gasteiger partial charge in [-0.05, 0) is 43.2 Å². The molecule has 38 heavy (non-hydrogen) atoms. The van der Waals surface area contributed by atoms with Gasteiger partial charge in [-0.25, -0.2) is 9.97 Å². The summed E-state index contributed by atoms with van der Waals surface area (Å²) >= 11 is 0. The number of nitrogens with zero attached hydrogens (tertiary/aromatic N) is 3. The fourth-order valence-corrected chi connectivity index (χ4v) is 5.75. The molecule has 0 unspecified atom stereocenters. The molecule has 0 radical (unpaired) electrons. The number of allylic oxidation sites excluding steroid dienone is 1. The summed E-state index contributed by atoms with van der Waals surface area (Å²) in [6.07, 6.45) is 6.36. The standard InChI is InChI=1S/C34H23N3O/c1-3-11-22(12-4-1)27-21-28(23-13-5-2-6-14-23)36-34(35-27)37-29-17-9-7-16-26(29)32-30(37)20-19-25-24-15-8-10-18-31(24)38-33(25)32/h1-7,9-14,16-21H,8,15H2. The molecule has 4 heteroatoms. The molecular weight excluding hydrogens is 466 g/mol. The van der Waals surface area contributed by atoms with Crippen LogP contribution in [0.1, 0.15) is 17.7 Å². The summed E-state index contributed by atoms with van der Waals surface area (Å²) in [4.78, 5) is 10.3. The van der Waals surface area contributed by atoms with Crippen molar-refractivity contribution in [2.45, 2.75) is 12.8 Å². The summed E-state index contributed by atoms with van der Waals surface area (Å²) in [5, 5.41) is 3.44. The van der Waals surface area contributed by atoms with Crippen LogP contribution >= 0.6 is 0 Å². The highest BCUT2D eigenvalue weighted by atomic mass is 16.3. The number of rotatable bonds is 3. The first-order valence-electron chi connectivity index (χ1n) is 13.0. The van der Waals surface area contributed by atoms with E-state index in [9.17, 15) is 0 Å². The maximum atomic E-state index is 6.51. The number of aromatic nitrogens is 3. The van der Waals surface area contributed by atoms with E-state index < -0.39 is 0 Å². The summed E-state index contributed by atoms with van der Waals surface area (Å²) < 4.78 is 8.69. The minimum Gasteiger partial charge on any atom is -0.456 e. The molecule has 8 rings (SSSR count). The van der Waals surface area contributed by atoms with Gasteiger partial charge in [-0.3, -0.25) is 4.57 Å². The van der Waals surface area contributed by atoms with Gasteiger partial charge in [-0.15, -0.1) is 0 Å². The van der Waals surface area contributed by atoms with Crippen LogP contribution in [0.3, 0.4) is 0 Å². The number of para-hydroxylation sites is 1. The quantitative estimate of drug-likeness (QED) is 0.250. The third-order valence-electron chi connectivity index (χ3n) is 7.51. The Kier molecular flexibility index (Phi) is 4.61. The lowest BCUT2D eigenvalue weighted by Crippen LogP contribution is -2.03. The van der Waals surface area contributed by atoms with Crippen molar-refractivity contribution in [2.75, 3.05) is 0 Å². The van der Waals surface area contributed by atoms with Crippen molar-refractivity contribution in [3.63, 3.8) is 0 Å². The average Bonchev–Trinajstić information content (AvgIpc) is 3.53. The van der Waals surface area contributed by atoms with Gasteiger partial charge < -0.3 is 4.42 Å². The van der Waals surface area contributed by atoms with E-state index in [1.807, 2.05) is 36.4 Å². The smallest absolute Gasteiger partial charge is 0.235 e. The third kappa shape index (κ3) is 3.17. The molecule has 0 fully saturated rings. The van der Waals surface area contributed by atoms with E-state index in [-0.39, 0.29) is 0 Å². The minimum absolute atomic E-state index is 0.645. The second-order valence-electron chi connectivity index (χ2n) is 9.75. The highest BCUT2D eigenvalue weighted by molar-refractivity contribution is 6.20. The van der Waals surface area contributed by atoms with Gasteiger partial charge in [0.25, 0.3) is 0 Å². The molecule has 4 aromatic carbocycles. The Labute approximate surface area is 219 Å². The van der Waals surface area contributed by atoms with E-state index in [1.165, 1.54) is 10.9 Å². The molecule has 0 aliphatic heterocycles. The van der Waals surface area contributed by atoms with Gasteiger partial charge >= 0.3 is 0 Å². The van der Waals surface area contributed by atoms with Crippen LogP contribution in [0.2, 0.25) is 0 Å². The molecule has 1 aliphatic rings. The molecule has 0 saturated carbocycles. The average molecular weight is 490 g/mol. The van der Waals surface area contributed by atoms with Gasteiger partial charge in [0.05, 0.1) is 27.8 Å². The summed E-state index contributed by atoms with van der Waals surface area (Å²) in [5.41, 5.74) is 8.23. The molecule has 0 amide bonds. The number of furan rings is 1. The Bertz CT molecular complexity index is 1960. The Hall–Kier alpha value is -4.96. The minimum atomic E-state index is 0.645. The lowest BCUT2D eigenvalue weighted by molar-refractivity contribution is 0.598. The van der Waals surface area contributed by atoms with Gasteiger partial charge in [-0.2, -0.15) is 0 Å². The van der Waals surface area contributed by atoms with Crippen LogP contribution in [-0.2, 0) is 6.42 Å². The van der Waals surface area contributed by atoms with E-state index in [0.717, 1.165) is 68.5 Å². The zero-order valence-electron chi connectivity index (χ0n) is 20.6. The van der Waals surface area contributed by atoms with Crippen molar-refractivity contribution in [2.24, 2.45) is 0 Å². The molecule has 7 aromatic rings. The molecule has 0 atom stereocenters. The molecule has 0 bridgehead atoms. The monoisotopic (exact) mass is 489 g/mol. The van der Waals surface area contributed by atoms with Crippen LogP contribution in [0.15, 0.2) is 114 Å². The zero-order valence-corrected chi connectivity index (χ0v) is 20.6. The van der Waals surface area contributed by atoms with E-state index in [1.54, 1.807) is 0 Å². The van der Waals surface area contributed by atoms with Gasteiger partial charge in [0.2, 0.25) is 5.95 Å². The normalized spacial score (nSPS) is 12.9. The SMILES string of the molecule is C1=Cc2oc3c(ccc4c3c3ccccc3n4-c3nc(-c4ccccc4)cc(-c4ccccc4)n3)c2CC1. The van der Waals surface area contributed by atoms with Crippen LogP contribution in [0.25, 0.3) is 67.3 Å². The van der Waals surface area contributed by atoms with E-state index in [2.05, 4.69) is 83.4 Å². The molecule has 0 N–H and O–H groups in total. The van der Waals surface area contributed by atoms with E-state index in [0.29, 0.717) is 5.95 Å². The van der Waals surface area contributed by atoms with Gasteiger partial charge in [0.1, 0.15) is 11.3 Å². The number of fused-ring (bicyclic) bond motifs is 7. The summed E-state index contributed by atoms with van der Waals surface area (Å²) in [5.74, 6) is 1.62. The fraction of sp³-hybridized carbons (Fsp3) is 0.0588. The summed E-state index contributed by atoms with van der Waals surface area (Å²) in [6, 6.07) is 35.6. The Morgan fingerprint density at radius 3 is 2.08 bits per heavy atom. The van der Waals surface area contributed by atoms with Crippen LogP contribution in [0.5, 0.6) is 0 Å². The Balaban J connectivity index is 1.47. The van der Waals surface area contributed by atoms with Gasteiger partial charge in [-0.1, -0.05) is 84.9 Å². The first kappa shape index (κ1) is 21.2. The molecule has 3 heterocycles. The highest BCUT2D eigenvalue weighted by Crippen LogP contribution is 2.41. The van der Waals surface area contributed by atoms with Gasteiger partial charge in [0.15, 0.2) is 0 Å². The maximum absolute atomic E-state index is 6.51. The van der Waals surface area contributed by atoms with Crippen molar-refractivity contribution >= 4 is 38.9 Å². The summed E-state index contributed by atoms with van der Waals surface area (Å²) in [6.45, 7) is 0. The van der Waals surface area contributed by atoms with Crippen LogP contribution in [0, 0.1) is 0 Å². The maximum Gasteiger partial charge on any atom is 0.235 e. The predicted molar refractivity (Wildman–Crippen MR) is 154 cm³/mol. The molecular formula is C34H23N3O. The lowest BCUT2D eigenvalue weighted by Gasteiger charge is -2.11. The molecule has 0 spiro atoms. The predicted octanol–water partition coefficient (Wildman–Crippen LogP) is 8.61. The highest BCUT2D eigenvalue weighted by Gasteiger charge is 2.22. The third-order valence-corrected chi connectivity index (χ3v) is 7.51. The largest absolute Gasteiger partial charge is 0.456 e. The number of aryl methyl sites for hydroxylation is 1. The Morgan fingerprint density at radius 1 is 0.658 bits per heavy atom. The van der Waals surface area contributed by atoms with Crippen molar-refractivity contribution in [1.29, 1.82) is 0 Å². The van der Waals surface area contributed by atoms with Crippen LogP contribution in [-0.4, -0.2) is 14.5 Å². The first-order valence-corrected chi connectivity index (χ1v) is 13.0. The molecule has 0 saturated heterocycles. The second-order valence-corrected chi connectivity index (χ2v) is 9.75. The van der Waals surface area contributed by atoms with Crippen molar-refractivity contribution in [3.05, 3.63) is 121 Å². The van der Waals surface area contributed by atoms with E-state index in [4.69, 9.17) is 14.4 Å². The van der Waals surface area contributed by atoms with E-state index >= 15 is 0 Å². The Morgan fingerprint density at radius 2 is 1.34 bits per heavy atom. The second kappa shape index (κ2) is 8.29. The van der Waals surface area contributed by atoms with Crippen molar-refractivity contribution < 1.29 is 4.42 Å². The topological polar surface area (TPSA) is 43.9 Å². The van der Waals surface area contributed by atoms with Crippen LogP contribution < -0.4 is 0 Å². The molecule has 3 aromatic heterocycles. The fourth-order valence-electron chi connectivity index (χ4n) is 5.75. The molecule has 1 aliphatic carbocycles. The van der Waals surface area contributed by atoms with Crippen molar-refractivity contribution in [1.82, 2.24) is 14.5 Å². The van der Waals surface area contributed by atoms with Crippen molar-refractivity contribution in [3.8, 4) is 28.5 Å². The molecule has 4 nitrogen and oxygen atoms in total. The zero-order chi connectivity index (χ0) is 25.1. The van der Waals surface area contributed by atoms with Gasteiger partial charge in [0, 0.05) is 27.5 Å². The number of benzene rings is 4. The van der Waals surface area contributed by atoms with Crippen LogP contribution in [0.4, 0.5) is 0 Å². The number of hydrogen-bond acceptors (Lipinski definition) is 3. The first-order chi connectivity index (χ1) is 18.8. The number of hydrogen-bond donors (Lipinski definition) is 0. The molecule has 180 valence electrons. The lowest BCUT2D eigenvalue weighted by atomic mass is 10.00. The summed E-state index contributed by atoms with van der Waals surface area (Å²) in [7, 11) is 0.